The van der Waals surface area contributed by atoms with Crippen molar-refractivity contribution in [3.8, 4) is 0 Å². The van der Waals surface area contributed by atoms with Crippen LogP contribution >= 0.6 is 11.8 Å². The molecule has 1 fully saturated rings. The number of carbonyl (C=O) groups is 1. The molecule has 1 amide bonds. The largest absolute Gasteiger partial charge is 0.323 e. The van der Waals surface area contributed by atoms with Gasteiger partial charge in [0.05, 0.1) is 11.7 Å². The van der Waals surface area contributed by atoms with E-state index in [1.807, 2.05) is 23.6 Å². The van der Waals surface area contributed by atoms with Crippen LogP contribution in [0.15, 0.2) is 0 Å². The third kappa shape index (κ3) is 3.16. The summed E-state index contributed by atoms with van der Waals surface area (Å²) in [6.45, 7) is 10.5. The van der Waals surface area contributed by atoms with E-state index in [9.17, 15) is 4.79 Å². The number of rotatable bonds is 6. The van der Waals surface area contributed by atoms with Gasteiger partial charge in [-0.05, 0) is 45.1 Å². The van der Waals surface area contributed by atoms with Gasteiger partial charge in [0, 0.05) is 6.04 Å². The molecule has 0 aromatic heterocycles. The van der Waals surface area contributed by atoms with Gasteiger partial charge in [-0.2, -0.15) is 11.8 Å². The van der Waals surface area contributed by atoms with Crippen molar-refractivity contribution in [3.63, 3.8) is 0 Å². The standard InChI is InChI=1S/C13H26N2OS/c1-6-13(5)12(16)15(11(4)14-13)10(3)8-9-17-7-2/h10-11,14H,6-9H2,1-5H3. The van der Waals surface area contributed by atoms with Crippen molar-refractivity contribution in [2.24, 2.45) is 0 Å². The molecule has 1 aliphatic heterocycles. The lowest BCUT2D eigenvalue weighted by atomic mass is 9.99. The fraction of sp³-hybridized carbons (Fsp3) is 0.923. The first-order valence-corrected chi connectivity index (χ1v) is 7.80. The van der Waals surface area contributed by atoms with E-state index in [-0.39, 0.29) is 17.6 Å². The molecule has 0 aliphatic carbocycles. The van der Waals surface area contributed by atoms with Gasteiger partial charge in [-0.1, -0.05) is 13.8 Å². The Hall–Kier alpha value is -0.220. The Balaban J connectivity index is 2.61. The molecule has 1 N–H and O–H groups in total. The van der Waals surface area contributed by atoms with Crippen LogP contribution in [-0.4, -0.2) is 40.1 Å². The Morgan fingerprint density at radius 1 is 1.53 bits per heavy atom. The molecule has 1 aliphatic rings. The first-order valence-electron chi connectivity index (χ1n) is 6.64. The summed E-state index contributed by atoms with van der Waals surface area (Å²) in [4.78, 5) is 14.4. The molecule has 3 atom stereocenters. The molecule has 4 heteroatoms. The summed E-state index contributed by atoms with van der Waals surface area (Å²) in [6, 6.07) is 0.331. The van der Waals surface area contributed by atoms with Crippen molar-refractivity contribution in [3.05, 3.63) is 0 Å². The number of amides is 1. The SMILES string of the molecule is CCSCCC(C)N1C(=O)C(C)(CC)NC1C. The van der Waals surface area contributed by atoms with Crippen LogP contribution in [0.25, 0.3) is 0 Å². The zero-order valence-electron chi connectivity index (χ0n) is 11.7. The predicted octanol–water partition coefficient (Wildman–Crippen LogP) is 2.46. The van der Waals surface area contributed by atoms with Crippen LogP contribution in [0, 0.1) is 0 Å². The normalized spacial score (nSPS) is 31.0. The van der Waals surface area contributed by atoms with Gasteiger partial charge in [-0.25, -0.2) is 0 Å². The molecule has 0 radical (unpaired) electrons. The smallest absolute Gasteiger partial charge is 0.244 e. The minimum Gasteiger partial charge on any atom is -0.323 e. The summed E-state index contributed by atoms with van der Waals surface area (Å²) in [5, 5.41) is 3.42. The molecule has 0 aromatic carbocycles. The van der Waals surface area contributed by atoms with Crippen molar-refractivity contribution < 1.29 is 4.79 Å². The first-order chi connectivity index (χ1) is 7.96. The van der Waals surface area contributed by atoms with E-state index >= 15 is 0 Å². The van der Waals surface area contributed by atoms with Crippen LogP contribution in [0.4, 0.5) is 0 Å². The van der Waals surface area contributed by atoms with Gasteiger partial charge in [0.2, 0.25) is 5.91 Å². The second-order valence-corrected chi connectivity index (χ2v) is 6.45. The topological polar surface area (TPSA) is 32.3 Å². The summed E-state index contributed by atoms with van der Waals surface area (Å²) < 4.78 is 0. The zero-order valence-corrected chi connectivity index (χ0v) is 12.6. The monoisotopic (exact) mass is 258 g/mol. The Bertz CT molecular complexity index is 272. The highest BCUT2D eigenvalue weighted by molar-refractivity contribution is 7.99. The second kappa shape index (κ2) is 6.10. The number of carbonyl (C=O) groups excluding carboxylic acids is 1. The molecule has 1 heterocycles. The van der Waals surface area contributed by atoms with E-state index in [1.165, 1.54) is 0 Å². The molecular weight excluding hydrogens is 232 g/mol. The van der Waals surface area contributed by atoms with E-state index in [0.29, 0.717) is 6.04 Å². The lowest BCUT2D eigenvalue weighted by molar-refractivity contribution is -0.134. The van der Waals surface area contributed by atoms with Crippen molar-refractivity contribution >= 4 is 17.7 Å². The molecule has 1 saturated heterocycles. The maximum Gasteiger partial charge on any atom is 0.244 e. The van der Waals surface area contributed by atoms with E-state index in [0.717, 1.165) is 24.3 Å². The van der Waals surface area contributed by atoms with Gasteiger partial charge < -0.3 is 4.90 Å². The molecule has 0 aromatic rings. The predicted molar refractivity (Wildman–Crippen MR) is 75.2 cm³/mol. The molecule has 100 valence electrons. The van der Waals surface area contributed by atoms with Crippen LogP contribution in [0.3, 0.4) is 0 Å². The van der Waals surface area contributed by atoms with Gasteiger partial charge in [-0.3, -0.25) is 10.1 Å². The highest BCUT2D eigenvalue weighted by Crippen LogP contribution is 2.26. The van der Waals surface area contributed by atoms with E-state index < -0.39 is 0 Å². The number of hydrogen-bond donors (Lipinski definition) is 1. The van der Waals surface area contributed by atoms with Gasteiger partial charge >= 0.3 is 0 Å². The fourth-order valence-electron chi connectivity index (χ4n) is 2.43. The van der Waals surface area contributed by atoms with Crippen molar-refractivity contribution in [2.75, 3.05) is 11.5 Å². The van der Waals surface area contributed by atoms with Crippen molar-refractivity contribution in [2.45, 2.75) is 65.2 Å². The molecule has 0 spiro atoms. The van der Waals surface area contributed by atoms with Crippen LogP contribution in [0.2, 0.25) is 0 Å². The molecule has 0 bridgehead atoms. The number of nitrogens with zero attached hydrogens (tertiary/aromatic N) is 1. The number of nitrogens with one attached hydrogen (secondary N) is 1. The highest BCUT2D eigenvalue weighted by atomic mass is 32.2. The van der Waals surface area contributed by atoms with Gasteiger partial charge in [0.15, 0.2) is 0 Å². The molecule has 1 rings (SSSR count). The summed E-state index contributed by atoms with van der Waals surface area (Å²) >= 11 is 1.94. The van der Waals surface area contributed by atoms with E-state index in [4.69, 9.17) is 0 Å². The highest BCUT2D eigenvalue weighted by Gasteiger charge is 2.46. The number of thioether (sulfide) groups is 1. The third-order valence-corrected chi connectivity index (χ3v) is 4.65. The summed E-state index contributed by atoms with van der Waals surface area (Å²) in [6.07, 6.45) is 2.09. The Morgan fingerprint density at radius 2 is 2.18 bits per heavy atom. The van der Waals surface area contributed by atoms with Gasteiger partial charge in [-0.15, -0.1) is 0 Å². The Morgan fingerprint density at radius 3 is 2.65 bits per heavy atom. The number of hydrogen-bond acceptors (Lipinski definition) is 3. The van der Waals surface area contributed by atoms with Crippen LogP contribution in [0.5, 0.6) is 0 Å². The van der Waals surface area contributed by atoms with Gasteiger partial charge in [0.25, 0.3) is 0 Å². The average Bonchev–Trinajstić information content (AvgIpc) is 2.51. The molecule has 17 heavy (non-hydrogen) atoms. The average molecular weight is 258 g/mol. The van der Waals surface area contributed by atoms with E-state index in [2.05, 4.69) is 33.0 Å². The summed E-state index contributed by atoms with van der Waals surface area (Å²) in [5.41, 5.74) is -0.356. The van der Waals surface area contributed by atoms with Crippen LogP contribution in [0.1, 0.15) is 47.5 Å². The Kier molecular flexibility index (Phi) is 5.32. The summed E-state index contributed by atoms with van der Waals surface area (Å²) in [5.74, 6) is 2.56. The third-order valence-electron chi connectivity index (χ3n) is 3.72. The van der Waals surface area contributed by atoms with Crippen LogP contribution < -0.4 is 5.32 Å². The minimum atomic E-state index is -0.356. The molecule has 3 nitrogen and oxygen atoms in total. The zero-order chi connectivity index (χ0) is 13.1. The molecular formula is C13H26N2OS. The quantitative estimate of drug-likeness (QED) is 0.743. The summed E-state index contributed by atoms with van der Waals surface area (Å²) in [7, 11) is 0. The Labute approximate surface area is 110 Å². The first kappa shape index (κ1) is 14.8. The second-order valence-electron chi connectivity index (χ2n) is 5.05. The maximum atomic E-state index is 12.4. The van der Waals surface area contributed by atoms with Crippen LogP contribution in [-0.2, 0) is 4.79 Å². The minimum absolute atomic E-state index is 0.161. The lowest BCUT2D eigenvalue weighted by Gasteiger charge is -2.28. The van der Waals surface area contributed by atoms with E-state index in [1.54, 1.807) is 0 Å². The van der Waals surface area contributed by atoms with Crippen molar-refractivity contribution in [1.29, 1.82) is 0 Å². The van der Waals surface area contributed by atoms with Crippen molar-refractivity contribution in [1.82, 2.24) is 10.2 Å². The maximum absolute atomic E-state index is 12.4. The molecule has 0 saturated carbocycles. The van der Waals surface area contributed by atoms with Gasteiger partial charge in [0.1, 0.15) is 0 Å². The fourth-order valence-corrected chi connectivity index (χ4v) is 3.22. The molecule has 3 unspecified atom stereocenters. The lowest BCUT2D eigenvalue weighted by Crippen LogP contribution is -2.44.